The van der Waals surface area contributed by atoms with Crippen LogP contribution in [0.3, 0.4) is 0 Å². The maximum Gasteiger partial charge on any atom is 0.387 e. The van der Waals surface area contributed by atoms with Crippen molar-refractivity contribution < 1.29 is 18.7 Å². The number of anilines is 1. The molecule has 1 aromatic rings. The van der Waals surface area contributed by atoms with Crippen LogP contribution in [0, 0.1) is 0 Å². The van der Waals surface area contributed by atoms with Crippen LogP contribution in [-0.2, 0) is 0 Å². The van der Waals surface area contributed by atoms with Crippen molar-refractivity contribution in [3.05, 3.63) is 24.3 Å². The molecular formula is C10H13F2N3O2. The van der Waals surface area contributed by atoms with E-state index in [9.17, 15) is 8.78 Å². The number of nitrogens with two attached hydrogens (primary N) is 1. The number of nitrogens with one attached hydrogen (secondary N) is 1. The number of ether oxygens (including phenoxy) is 1. The quantitative estimate of drug-likeness (QED) is 0.309. The summed E-state index contributed by atoms with van der Waals surface area (Å²) in [5.74, 6) is 0.220. The normalized spacial score (nSPS) is 11.6. The van der Waals surface area contributed by atoms with Crippen molar-refractivity contribution in [1.29, 1.82) is 0 Å². The Balaban J connectivity index is 2.40. The summed E-state index contributed by atoms with van der Waals surface area (Å²) < 4.78 is 27.9. The second kappa shape index (κ2) is 6.51. The van der Waals surface area contributed by atoms with Gasteiger partial charge in [0.1, 0.15) is 11.6 Å². The van der Waals surface area contributed by atoms with E-state index in [1.165, 1.54) is 12.1 Å². The molecule has 0 heterocycles. The average Bonchev–Trinajstić information content (AvgIpc) is 2.30. The zero-order valence-corrected chi connectivity index (χ0v) is 8.94. The highest BCUT2D eigenvalue weighted by Gasteiger charge is 2.03. The van der Waals surface area contributed by atoms with Crippen molar-refractivity contribution in [2.24, 2.45) is 10.9 Å². The topological polar surface area (TPSA) is 79.9 Å². The smallest absolute Gasteiger partial charge is 0.387 e. The molecule has 7 heteroatoms. The molecule has 0 aliphatic rings. The van der Waals surface area contributed by atoms with Crippen LogP contribution in [0.2, 0.25) is 0 Å². The minimum atomic E-state index is -2.82. The Morgan fingerprint density at radius 1 is 1.41 bits per heavy atom. The Morgan fingerprint density at radius 3 is 2.59 bits per heavy atom. The van der Waals surface area contributed by atoms with Gasteiger partial charge in [-0.05, 0) is 24.3 Å². The maximum atomic E-state index is 11.9. The molecule has 0 aliphatic carbocycles. The maximum absolute atomic E-state index is 11.9. The molecule has 0 fully saturated rings. The number of benzene rings is 1. The Labute approximate surface area is 96.9 Å². The molecule has 0 atom stereocenters. The van der Waals surface area contributed by atoms with E-state index in [1.54, 1.807) is 12.1 Å². The highest BCUT2D eigenvalue weighted by atomic mass is 19.3. The predicted molar refractivity (Wildman–Crippen MR) is 59.6 cm³/mol. The number of alkyl halides is 2. The van der Waals surface area contributed by atoms with Gasteiger partial charge in [0.15, 0.2) is 0 Å². The lowest BCUT2D eigenvalue weighted by molar-refractivity contribution is -0.0498. The summed E-state index contributed by atoms with van der Waals surface area (Å²) in [6.07, 6.45) is 0.381. The molecule has 17 heavy (non-hydrogen) atoms. The lowest BCUT2D eigenvalue weighted by atomic mass is 10.3. The Kier molecular flexibility index (Phi) is 4.99. The van der Waals surface area contributed by atoms with Crippen LogP contribution in [0.15, 0.2) is 29.4 Å². The van der Waals surface area contributed by atoms with Crippen molar-refractivity contribution in [3.8, 4) is 5.75 Å². The first kappa shape index (κ1) is 13.0. The summed E-state index contributed by atoms with van der Waals surface area (Å²) in [7, 11) is 0. The van der Waals surface area contributed by atoms with Gasteiger partial charge in [-0.15, -0.1) is 0 Å². The number of hydrogen-bond acceptors (Lipinski definition) is 4. The third-order valence-electron chi connectivity index (χ3n) is 1.92. The number of oxime groups is 1. The van der Waals surface area contributed by atoms with Gasteiger partial charge in [-0.2, -0.15) is 8.78 Å². The summed E-state index contributed by atoms with van der Waals surface area (Å²) in [4.78, 5) is 0. The first-order valence-corrected chi connectivity index (χ1v) is 4.87. The lowest BCUT2D eigenvalue weighted by Gasteiger charge is -2.07. The zero-order chi connectivity index (χ0) is 12.7. The molecule has 1 aromatic carbocycles. The summed E-state index contributed by atoms with van der Waals surface area (Å²) >= 11 is 0. The van der Waals surface area contributed by atoms with Gasteiger partial charge in [0.05, 0.1) is 0 Å². The van der Waals surface area contributed by atoms with Crippen LogP contribution in [0.5, 0.6) is 5.75 Å². The van der Waals surface area contributed by atoms with Crippen LogP contribution < -0.4 is 15.8 Å². The fraction of sp³-hybridized carbons (Fsp3) is 0.300. The third-order valence-corrected chi connectivity index (χ3v) is 1.92. The van der Waals surface area contributed by atoms with Crippen LogP contribution in [0.4, 0.5) is 14.5 Å². The highest BCUT2D eigenvalue weighted by molar-refractivity contribution is 5.80. The summed E-state index contributed by atoms with van der Waals surface area (Å²) in [5, 5.41) is 14.1. The second-order valence-corrected chi connectivity index (χ2v) is 3.17. The van der Waals surface area contributed by atoms with Crippen molar-refractivity contribution >= 4 is 11.5 Å². The molecule has 0 bridgehead atoms. The number of halogens is 2. The fourth-order valence-corrected chi connectivity index (χ4v) is 1.14. The molecule has 0 aliphatic heterocycles. The third kappa shape index (κ3) is 5.01. The van der Waals surface area contributed by atoms with Gasteiger partial charge >= 0.3 is 6.61 Å². The van der Waals surface area contributed by atoms with E-state index < -0.39 is 6.61 Å². The second-order valence-electron chi connectivity index (χ2n) is 3.17. The fourth-order valence-electron chi connectivity index (χ4n) is 1.14. The van der Waals surface area contributed by atoms with Crippen molar-refractivity contribution in [2.75, 3.05) is 11.9 Å². The molecule has 0 saturated carbocycles. The molecule has 0 amide bonds. The molecule has 0 saturated heterocycles. The minimum absolute atomic E-state index is 0.0991. The molecule has 0 aromatic heterocycles. The van der Waals surface area contributed by atoms with Crippen LogP contribution in [0.1, 0.15) is 6.42 Å². The standard InChI is InChI=1S/C10H13F2N3O2/c11-10(12)17-8-3-1-7(2-4-8)14-6-5-9(13)15-16/h1-4,10,14,16H,5-6H2,(H2,13,15). The van der Waals surface area contributed by atoms with E-state index in [0.717, 1.165) is 5.69 Å². The zero-order valence-electron chi connectivity index (χ0n) is 8.94. The Morgan fingerprint density at radius 2 is 2.06 bits per heavy atom. The number of nitrogens with zero attached hydrogens (tertiary/aromatic N) is 1. The molecule has 1 rings (SSSR count). The first-order valence-electron chi connectivity index (χ1n) is 4.87. The molecule has 0 unspecified atom stereocenters. The van der Waals surface area contributed by atoms with Crippen LogP contribution in [-0.4, -0.2) is 24.2 Å². The van der Waals surface area contributed by atoms with Gasteiger partial charge in [-0.1, -0.05) is 5.16 Å². The van der Waals surface area contributed by atoms with Crippen molar-refractivity contribution in [2.45, 2.75) is 13.0 Å². The van der Waals surface area contributed by atoms with E-state index in [2.05, 4.69) is 15.2 Å². The molecule has 0 radical (unpaired) electrons. The Bertz CT molecular complexity index is 368. The van der Waals surface area contributed by atoms with E-state index in [0.29, 0.717) is 13.0 Å². The molecule has 5 nitrogen and oxygen atoms in total. The summed E-state index contributed by atoms with van der Waals surface area (Å²) in [5.41, 5.74) is 6.01. The van der Waals surface area contributed by atoms with Gasteiger partial charge < -0.3 is 21.0 Å². The van der Waals surface area contributed by atoms with Crippen molar-refractivity contribution in [3.63, 3.8) is 0 Å². The van der Waals surface area contributed by atoms with Gasteiger partial charge in [-0.25, -0.2) is 0 Å². The van der Waals surface area contributed by atoms with E-state index in [4.69, 9.17) is 10.9 Å². The molecule has 4 N–H and O–H groups in total. The predicted octanol–water partition coefficient (Wildman–Crippen LogP) is 1.84. The largest absolute Gasteiger partial charge is 0.435 e. The minimum Gasteiger partial charge on any atom is -0.435 e. The monoisotopic (exact) mass is 245 g/mol. The molecule has 94 valence electrons. The van der Waals surface area contributed by atoms with E-state index in [-0.39, 0.29) is 11.6 Å². The summed E-state index contributed by atoms with van der Waals surface area (Å²) in [6.45, 7) is -2.35. The van der Waals surface area contributed by atoms with Crippen LogP contribution >= 0.6 is 0 Å². The van der Waals surface area contributed by atoms with Crippen LogP contribution in [0.25, 0.3) is 0 Å². The van der Waals surface area contributed by atoms with Crippen molar-refractivity contribution in [1.82, 2.24) is 0 Å². The number of hydrogen-bond donors (Lipinski definition) is 3. The number of amidine groups is 1. The number of rotatable bonds is 6. The van der Waals surface area contributed by atoms with Gasteiger partial charge in [0, 0.05) is 18.7 Å². The average molecular weight is 245 g/mol. The Hall–Kier alpha value is -2.05. The lowest BCUT2D eigenvalue weighted by Crippen LogP contribution is -2.16. The van der Waals surface area contributed by atoms with E-state index >= 15 is 0 Å². The summed E-state index contributed by atoms with van der Waals surface area (Å²) in [6, 6.07) is 6.06. The molecule has 0 spiro atoms. The highest BCUT2D eigenvalue weighted by Crippen LogP contribution is 2.17. The van der Waals surface area contributed by atoms with E-state index in [1.807, 2.05) is 0 Å². The molecular weight excluding hydrogens is 232 g/mol. The van der Waals surface area contributed by atoms with Gasteiger partial charge in [0.2, 0.25) is 0 Å². The SMILES string of the molecule is NC(CCNc1ccc(OC(F)F)cc1)=NO. The first-order chi connectivity index (χ1) is 8.11. The van der Waals surface area contributed by atoms with Gasteiger partial charge in [0.25, 0.3) is 0 Å². The van der Waals surface area contributed by atoms with Gasteiger partial charge in [-0.3, -0.25) is 0 Å².